The van der Waals surface area contributed by atoms with Gasteiger partial charge in [0.15, 0.2) is 5.65 Å². The van der Waals surface area contributed by atoms with Crippen molar-refractivity contribution in [3.05, 3.63) is 64.1 Å². The summed E-state index contributed by atoms with van der Waals surface area (Å²) in [6.45, 7) is 1.86. The molecule has 0 radical (unpaired) electrons. The molecular weight excluding hydrogens is 358 g/mol. The number of primary amides is 1. The number of aromatic nitrogens is 3. The van der Waals surface area contributed by atoms with Crippen molar-refractivity contribution < 1.29 is 14.3 Å². The third kappa shape index (κ3) is 3.11. The van der Waals surface area contributed by atoms with E-state index < -0.39 is 5.91 Å². The smallest absolute Gasteiger partial charge is 0.270 e. The molecule has 8 heteroatoms. The molecule has 2 amide bonds. The Morgan fingerprint density at radius 3 is 2.57 bits per heavy atom. The highest BCUT2D eigenvalue weighted by atomic mass is 16.5. The number of benzene rings is 1. The zero-order valence-electron chi connectivity index (χ0n) is 15.7. The van der Waals surface area contributed by atoms with Gasteiger partial charge in [0.25, 0.3) is 11.8 Å². The number of hydrogen-bond acceptors (Lipinski definition) is 5. The van der Waals surface area contributed by atoms with Crippen molar-refractivity contribution in [2.24, 2.45) is 5.73 Å². The van der Waals surface area contributed by atoms with Crippen molar-refractivity contribution in [2.45, 2.75) is 32.4 Å². The lowest BCUT2D eigenvalue weighted by molar-refractivity contribution is 0.0929. The molecule has 1 aliphatic carbocycles. The van der Waals surface area contributed by atoms with E-state index in [4.69, 9.17) is 10.5 Å². The number of aryl methyl sites for hydroxylation is 1. The number of ether oxygens (including phenoxy) is 1. The predicted octanol–water partition coefficient (Wildman–Crippen LogP) is 1.18. The van der Waals surface area contributed by atoms with Crippen molar-refractivity contribution in [1.29, 1.82) is 0 Å². The van der Waals surface area contributed by atoms with Crippen LogP contribution in [-0.4, -0.2) is 39.6 Å². The maximum Gasteiger partial charge on any atom is 0.270 e. The van der Waals surface area contributed by atoms with E-state index in [2.05, 4.69) is 27.5 Å². The zero-order valence-corrected chi connectivity index (χ0v) is 15.7. The molecule has 8 nitrogen and oxygen atoms in total. The Morgan fingerprint density at radius 1 is 1.29 bits per heavy atom. The average molecular weight is 379 g/mol. The van der Waals surface area contributed by atoms with Crippen LogP contribution in [0, 0.1) is 6.92 Å². The highest BCUT2D eigenvalue weighted by Gasteiger charge is 2.26. The van der Waals surface area contributed by atoms with Crippen LogP contribution in [0.25, 0.3) is 5.65 Å². The molecular formula is C20H21N5O3. The molecule has 0 spiro atoms. The van der Waals surface area contributed by atoms with Gasteiger partial charge in [-0.1, -0.05) is 24.3 Å². The minimum Gasteiger partial charge on any atom is -0.378 e. The van der Waals surface area contributed by atoms with Crippen LogP contribution in [0.5, 0.6) is 0 Å². The molecule has 3 N–H and O–H groups in total. The van der Waals surface area contributed by atoms with Gasteiger partial charge in [-0.3, -0.25) is 9.59 Å². The molecule has 0 atom stereocenters. The Kier molecular flexibility index (Phi) is 4.56. The summed E-state index contributed by atoms with van der Waals surface area (Å²) in [5.74, 6) is -0.923. The number of nitrogens with one attached hydrogen (secondary N) is 1. The number of nitrogens with two attached hydrogens (primary N) is 1. The van der Waals surface area contributed by atoms with Crippen molar-refractivity contribution >= 4 is 17.5 Å². The van der Waals surface area contributed by atoms with Gasteiger partial charge in [-0.2, -0.15) is 5.10 Å². The molecule has 3 aromatic rings. The summed E-state index contributed by atoms with van der Waals surface area (Å²) in [6, 6.07) is 9.84. The molecule has 28 heavy (non-hydrogen) atoms. The fourth-order valence-corrected chi connectivity index (χ4v) is 3.75. The number of rotatable bonds is 5. The van der Waals surface area contributed by atoms with Gasteiger partial charge >= 0.3 is 0 Å². The van der Waals surface area contributed by atoms with Crippen molar-refractivity contribution in [3.8, 4) is 0 Å². The Balaban J connectivity index is 1.69. The third-order valence-corrected chi connectivity index (χ3v) is 4.94. The van der Waals surface area contributed by atoms with Gasteiger partial charge in [0, 0.05) is 18.8 Å². The van der Waals surface area contributed by atoms with E-state index in [9.17, 15) is 9.59 Å². The molecule has 1 aliphatic rings. The molecule has 1 aromatic carbocycles. The molecule has 2 heterocycles. The van der Waals surface area contributed by atoms with Crippen molar-refractivity contribution in [1.82, 2.24) is 19.9 Å². The number of hydrogen-bond donors (Lipinski definition) is 2. The Labute approximate surface area is 161 Å². The number of nitrogens with zero attached hydrogens (tertiary/aromatic N) is 3. The molecule has 0 saturated heterocycles. The van der Waals surface area contributed by atoms with Gasteiger partial charge in [0.1, 0.15) is 17.0 Å². The van der Waals surface area contributed by atoms with Crippen LogP contribution in [0.15, 0.2) is 30.3 Å². The number of methoxy groups -OCH3 is 1. The Bertz CT molecular complexity index is 1060. The minimum atomic E-state index is -0.655. The summed E-state index contributed by atoms with van der Waals surface area (Å²) in [6.07, 6.45) is 1.57. The third-order valence-electron chi connectivity index (χ3n) is 4.94. The number of amides is 2. The minimum absolute atomic E-state index is 0.0121. The highest BCUT2D eigenvalue weighted by Crippen LogP contribution is 2.22. The number of fused-ring (bicyclic) bond motifs is 2. The standard InChI is InChI=1S/C20H21N5O3/c1-11-7-16(20(27)23-14-8-12-5-3-4-6-13(12)9-14)25-19(22-11)17(18(21)26)15(24-25)10-28-2/h3-7,14H,8-10H2,1-2H3,(H2,21,26)(H,23,27). The maximum atomic E-state index is 13.0. The van der Waals surface area contributed by atoms with Crippen LogP contribution in [0.3, 0.4) is 0 Å². The second-order valence-corrected chi connectivity index (χ2v) is 6.98. The quantitative estimate of drug-likeness (QED) is 0.691. The van der Waals surface area contributed by atoms with E-state index >= 15 is 0 Å². The van der Waals surface area contributed by atoms with Gasteiger partial charge < -0.3 is 15.8 Å². The summed E-state index contributed by atoms with van der Waals surface area (Å²) in [7, 11) is 1.50. The van der Waals surface area contributed by atoms with Gasteiger partial charge in [-0.25, -0.2) is 9.50 Å². The summed E-state index contributed by atoms with van der Waals surface area (Å²) in [4.78, 5) is 29.3. The molecule has 4 rings (SSSR count). The van der Waals surface area contributed by atoms with Gasteiger partial charge in [-0.15, -0.1) is 0 Å². The van der Waals surface area contributed by atoms with Crippen LogP contribution in [-0.2, 0) is 24.2 Å². The van der Waals surface area contributed by atoms with E-state index in [1.165, 1.54) is 22.8 Å². The Hall–Kier alpha value is -3.26. The SMILES string of the molecule is COCc1nn2c(C(=O)NC3Cc4ccccc4C3)cc(C)nc2c1C(N)=O. The lowest BCUT2D eigenvalue weighted by atomic mass is 10.1. The van der Waals surface area contributed by atoms with Gasteiger partial charge in [0.05, 0.1) is 6.61 Å². The van der Waals surface area contributed by atoms with Crippen LogP contribution in [0.4, 0.5) is 0 Å². The second kappa shape index (κ2) is 7.05. The van der Waals surface area contributed by atoms with Crippen LogP contribution < -0.4 is 11.1 Å². The fourth-order valence-electron chi connectivity index (χ4n) is 3.75. The fraction of sp³-hybridized carbons (Fsp3) is 0.300. The summed E-state index contributed by atoms with van der Waals surface area (Å²) >= 11 is 0. The van der Waals surface area contributed by atoms with E-state index in [0.717, 1.165) is 12.8 Å². The molecule has 0 unspecified atom stereocenters. The van der Waals surface area contributed by atoms with E-state index in [-0.39, 0.29) is 29.8 Å². The normalized spacial score (nSPS) is 13.6. The summed E-state index contributed by atoms with van der Waals surface area (Å²) in [5.41, 5.74) is 9.73. The first-order valence-electron chi connectivity index (χ1n) is 9.03. The molecule has 144 valence electrons. The van der Waals surface area contributed by atoms with Gasteiger partial charge in [0.2, 0.25) is 0 Å². The van der Waals surface area contributed by atoms with E-state index in [1.807, 2.05) is 12.1 Å². The molecule has 0 bridgehead atoms. The Morgan fingerprint density at radius 2 is 1.96 bits per heavy atom. The monoisotopic (exact) mass is 379 g/mol. The first-order valence-corrected chi connectivity index (χ1v) is 9.03. The van der Waals surface area contributed by atoms with Crippen molar-refractivity contribution in [2.75, 3.05) is 7.11 Å². The number of carbonyl (C=O) groups excluding carboxylic acids is 2. The van der Waals surface area contributed by atoms with Crippen LogP contribution in [0.2, 0.25) is 0 Å². The molecule has 0 aliphatic heterocycles. The highest BCUT2D eigenvalue weighted by molar-refractivity contribution is 6.01. The molecule has 0 fully saturated rings. The zero-order chi connectivity index (χ0) is 19.8. The van der Waals surface area contributed by atoms with Gasteiger partial charge in [-0.05, 0) is 37.0 Å². The lowest BCUT2D eigenvalue weighted by Gasteiger charge is -2.13. The predicted molar refractivity (Wildman–Crippen MR) is 102 cm³/mol. The second-order valence-electron chi connectivity index (χ2n) is 6.98. The maximum absolute atomic E-state index is 13.0. The first kappa shape index (κ1) is 18.1. The largest absolute Gasteiger partial charge is 0.378 e. The number of carbonyl (C=O) groups is 2. The lowest BCUT2D eigenvalue weighted by Crippen LogP contribution is -2.36. The topological polar surface area (TPSA) is 112 Å². The average Bonchev–Trinajstić information content (AvgIpc) is 3.21. The van der Waals surface area contributed by atoms with Crippen molar-refractivity contribution in [3.63, 3.8) is 0 Å². The molecule has 0 saturated carbocycles. The van der Waals surface area contributed by atoms with Crippen LogP contribution >= 0.6 is 0 Å². The van der Waals surface area contributed by atoms with E-state index in [0.29, 0.717) is 17.1 Å². The summed E-state index contributed by atoms with van der Waals surface area (Å²) < 4.78 is 6.48. The molecule has 2 aromatic heterocycles. The first-order chi connectivity index (χ1) is 13.5. The van der Waals surface area contributed by atoms with Crippen LogP contribution in [0.1, 0.15) is 43.4 Å². The summed E-state index contributed by atoms with van der Waals surface area (Å²) in [5, 5.41) is 7.44. The van der Waals surface area contributed by atoms with E-state index in [1.54, 1.807) is 13.0 Å².